The first-order chi connectivity index (χ1) is 21.9. The summed E-state index contributed by atoms with van der Waals surface area (Å²) < 4.78 is 16.6. The smallest absolute Gasteiger partial charge is 0.347 e. The first kappa shape index (κ1) is 36.6. The van der Waals surface area contributed by atoms with Crippen LogP contribution in [0.4, 0.5) is 0 Å². The van der Waals surface area contributed by atoms with Crippen LogP contribution in [0.3, 0.4) is 0 Å². The molecule has 1 fully saturated rings. The quantitative estimate of drug-likeness (QED) is 0.318. The molecule has 3 unspecified atom stereocenters. The van der Waals surface area contributed by atoms with E-state index in [0.717, 1.165) is 5.56 Å². The lowest BCUT2D eigenvalue weighted by Gasteiger charge is -2.28. The molecule has 1 heterocycles. The number of nitrogens with one attached hydrogen (secondary N) is 2. The van der Waals surface area contributed by atoms with Crippen molar-refractivity contribution in [2.75, 3.05) is 13.7 Å². The van der Waals surface area contributed by atoms with Crippen LogP contribution in [0.25, 0.3) is 6.08 Å². The Morgan fingerprint density at radius 1 is 1.02 bits per heavy atom. The van der Waals surface area contributed by atoms with Gasteiger partial charge < -0.3 is 30.0 Å². The predicted octanol–water partition coefficient (Wildman–Crippen LogP) is 4.50. The molecule has 0 aromatic heterocycles. The second-order valence-corrected chi connectivity index (χ2v) is 12.6. The van der Waals surface area contributed by atoms with Crippen molar-refractivity contribution in [3.8, 4) is 5.75 Å². The van der Waals surface area contributed by atoms with E-state index in [0.29, 0.717) is 16.3 Å². The van der Waals surface area contributed by atoms with Gasteiger partial charge in [0.2, 0.25) is 11.8 Å². The molecule has 1 aliphatic rings. The average molecular weight is 657 g/mol. The zero-order valence-corrected chi connectivity index (χ0v) is 27.8. The molecule has 46 heavy (non-hydrogen) atoms. The number of carbonyl (C=O) groups excluding carboxylic acids is 4. The molecule has 3 rings (SSSR count). The molecule has 6 atom stereocenters. The lowest BCUT2D eigenvalue weighted by Crippen LogP contribution is -2.50. The molecular formula is C35H45ClN2O8. The van der Waals surface area contributed by atoms with Crippen LogP contribution in [-0.2, 0) is 35.1 Å². The highest BCUT2D eigenvalue weighted by atomic mass is 35.5. The number of methoxy groups -OCH3 is 1. The van der Waals surface area contributed by atoms with Gasteiger partial charge in [-0.25, -0.2) is 4.79 Å². The molecule has 2 amide bonds. The van der Waals surface area contributed by atoms with Crippen molar-refractivity contribution in [1.29, 1.82) is 0 Å². The maximum atomic E-state index is 13.4. The van der Waals surface area contributed by atoms with Crippen molar-refractivity contribution in [2.24, 2.45) is 17.8 Å². The highest BCUT2D eigenvalue weighted by Gasteiger charge is 2.33. The summed E-state index contributed by atoms with van der Waals surface area (Å²) in [6.07, 6.45) is 0.369. The fraction of sp³-hybridized carbons (Fsp3) is 0.486. The fourth-order valence-electron chi connectivity index (χ4n) is 4.93. The van der Waals surface area contributed by atoms with E-state index in [4.69, 9.17) is 25.8 Å². The minimum absolute atomic E-state index is 0.0121. The largest absolute Gasteiger partial charge is 0.495 e. The molecule has 0 spiro atoms. The zero-order chi connectivity index (χ0) is 33.8. The zero-order valence-electron chi connectivity index (χ0n) is 27.0. The van der Waals surface area contributed by atoms with Gasteiger partial charge in [0.1, 0.15) is 17.9 Å². The van der Waals surface area contributed by atoms with E-state index in [9.17, 15) is 24.3 Å². The Morgan fingerprint density at radius 3 is 2.39 bits per heavy atom. The number of carbonyl (C=O) groups is 4. The maximum absolute atomic E-state index is 13.4. The summed E-state index contributed by atoms with van der Waals surface area (Å²) in [5.74, 6) is -3.21. The first-order valence-corrected chi connectivity index (χ1v) is 16.0. The van der Waals surface area contributed by atoms with Crippen molar-refractivity contribution in [2.45, 2.75) is 77.7 Å². The normalized spacial score (nSPS) is 23.1. The van der Waals surface area contributed by atoms with Crippen LogP contribution in [0, 0.1) is 17.8 Å². The molecule has 1 saturated heterocycles. The second kappa shape index (κ2) is 17.7. The third kappa shape index (κ3) is 11.5. The Morgan fingerprint density at radius 2 is 1.74 bits per heavy atom. The number of benzene rings is 2. The molecule has 2 aromatic rings. The number of hydrogen-bond donors (Lipinski definition) is 3. The average Bonchev–Trinajstić information content (AvgIpc) is 3.01. The van der Waals surface area contributed by atoms with Crippen LogP contribution in [0.15, 0.2) is 54.6 Å². The molecule has 0 aliphatic carbocycles. The Kier molecular flexibility index (Phi) is 14.1. The first-order valence-electron chi connectivity index (χ1n) is 15.6. The molecule has 0 saturated carbocycles. The molecule has 0 bridgehead atoms. The van der Waals surface area contributed by atoms with Gasteiger partial charge in [-0.15, -0.1) is 0 Å². The Balaban J connectivity index is 1.87. The SMILES string of the molecule is COc1ccc(CC2NC(=O)CC(CC(O)[C@H](C)/C=C/c3ccccc3)OC(=O)[C@H](CC(C)C)OC(=O)[C@H](C)CNC2=O)cc1Cl. The third-order valence-corrected chi connectivity index (χ3v) is 7.99. The van der Waals surface area contributed by atoms with Crippen molar-refractivity contribution >= 4 is 41.4 Å². The van der Waals surface area contributed by atoms with Gasteiger partial charge in [0.05, 0.1) is 30.6 Å². The molecule has 3 N–H and O–H groups in total. The summed E-state index contributed by atoms with van der Waals surface area (Å²) in [6.45, 7) is 7.08. The van der Waals surface area contributed by atoms with E-state index < -0.39 is 54.0 Å². The summed E-state index contributed by atoms with van der Waals surface area (Å²) in [5.41, 5.74) is 1.62. The second-order valence-electron chi connectivity index (χ2n) is 12.2. The van der Waals surface area contributed by atoms with Gasteiger partial charge >= 0.3 is 11.9 Å². The fourth-order valence-corrected chi connectivity index (χ4v) is 5.21. The van der Waals surface area contributed by atoms with Gasteiger partial charge in [-0.2, -0.15) is 0 Å². The van der Waals surface area contributed by atoms with Gasteiger partial charge in [0.25, 0.3) is 0 Å². The number of esters is 2. The Hall–Kier alpha value is -3.89. The number of rotatable bonds is 10. The van der Waals surface area contributed by atoms with Crippen LogP contribution in [0.1, 0.15) is 58.1 Å². The monoisotopic (exact) mass is 656 g/mol. The van der Waals surface area contributed by atoms with E-state index in [-0.39, 0.29) is 44.1 Å². The lowest BCUT2D eigenvalue weighted by atomic mass is 9.96. The predicted molar refractivity (Wildman–Crippen MR) is 175 cm³/mol. The summed E-state index contributed by atoms with van der Waals surface area (Å²) in [5, 5.41) is 16.9. The van der Waals surface area contributed by atoms with Crippen LogP contribution in [0.2, 0.25) is 5.02 Å². The Labute approximate surface area is 275 Å². The number of aliphatic hydroxyl groups is 1. The van der Waals surface area contributed by atoms with Gasteiger partial charge in [-0.3, -0.25) is 14.4 Å². The molecule has 0 radical (unpaired) electrons. The van der Waals surface area contributed by atoms with E-state index in [1.807, 2.05) is 63.3 Å². The third-order valence-electron chi connectivity index (χ3n) is 7.70. The summed E-state index contributed by atoms with van der Waals surface area (Å²) in [6, 6.07) is 13.6. The molecule has 250 valence electrons. The van der Waals surface area contributed by atoms with Gasteiger partial charge in [0, 0.05) is 25.3 Å². The lowest BCUT2D eigenvalue weighted by molar-refractivity contribution is -0.176. The number of cyclic esters (lactones) is 2. The van der Waals surface area contributed by atoms with Crippen molar-refractivity contribution in [3.05, 3.63) is 70.8 Å². The number of ether oxygens (including phenoxy) is 3. The van der Waals surface area contributed by atoms with Crippen molar-refractivity contribution in [1.82, 2.24) is 10.6 Å². The van der Waals surface area contributed by atoms with Crippen LogP contribution in [0.5, 0.6) is 5.75 Å². The van der Waals surface area contributed by atoms with Crippen molar-refractivity contribution < 1.29 is 38.5 Å². The van der Waals surface area contributed by atoms with Crippen molar-refractivity contribution in [3.63, 3.8) is 0 Å². The standard InChI is InChI=1S/C35H45ClN2O8/c1-21(2)15-31-35(43)45-26(18-29(39)22(3)11-12-24-9-7-6-8-10-24)19-32(40)38-28(33(41)37-20-23(4)34(42)46-31)17-25-13-14-30(44-5)27(36)16-25/h6-14,16,21-23,26,28-29,31,39H,15,17-20H2,1-5H3,(H,37,41)(H,38,40)/b12-11+/t22-,23-,26?,28?,29?,31+/m1/s1. The summed E-state index contributed by atoms with van der Waals surface area (Å²) in [4.78, 5) is 53.1. The topological polar surface area (TPSA) is 140 Å². The summed E-state index contributed by atoms with van der Waals surface area (Å²) in [7, 11) is 1.49. The Bertz CT molecular complexity index is 1370. The number of aliphatic hydroxyl groups excluding tert-OH is 1. The van der Waals surface area contributed by atoms with E-state index >= 15 is 0 Å². The highest BCUT2D eigenvalue weighted by Crippen LogP contribution is 2.26. The molecular weight excluding hydrogens is 612 g/mol. The van der Waals surface area contributed by atoms with E-state index in [1.54, 1.807) is 25.1 Å². The van der Waals surface area contributed by atoms with Crippen LogP contribution < -0.4 is 15.4 Å². The maximum Gasteiger partial charge on any atom is 0.347 e. The highest BCUT2D eigenvalue weighted by molar-refractivity contribution is 6.32. The van der Waals surface area contributed by atoms with Gasteiger partial charge in [-0.05, 0) is 35.6 Å². The molecule has 1 aliphatic heterocycles. The molecule has 11 heteroatoms. The van der Waals surface area contributed by atoms with Crippen LogP contribution >= 0.6 is 11.6 Å². The summed E-state index contributed by atoms with van der Waals surface area (Å²) >= 11 is 6.29. The van der Waals surface area contributed by atoms with Gasteiger partial charge in [-0.1, -0.05) is 87.8 Å². The minimum Gasteiger partial charge on any atom is -0.495 e. The van der Waals surface area contributed by atoms with E-state index in [1.165, 1.54) is 7.11 Å². The number of halogens is 1. The number of hydrogen-bond acceptors (Lipinski definition) is 8. The van der Waals surface area contributed by atoms with E-state index in [2.05, 4.69) is 10.6 Å². The van der Waals surface area contributed by atoms with Gasteiger partial charge in [0.15, 0.2) is 6.10 Å². The minimum atomic E-state index is -1.21. The molecule has 2 aromatic carbocycles. The number of amides is 2. The molecule has 10 nitrogen and oxygen atoms in total. The van der Waals surface area contributed by atoms with Crippen LogP contribution in [-0.4, -0.2) is 66.9 Å².